The van der Waals surface area contributed by atoms with Crippen molar-refractivity contribution in [2.45, 2.75) is 25.7 Å². The van der Waals surface area contributed by atoms with Crippen molar-refractivity contribution in [3.63, 3.8) is 0 Å². The third-order valence-corrected chi connectivity index (χ3v) is 2.72. The molecule has 0 unspecified atom stereocenters. The van der Waals surface area contributed by atoms with Crippen molar-refractivity contribution in [3.8, 4) is 0 Å². The highest BCUT2D eigenvalue weighted by molar-refractivity contribution is 5.93. The Morgan fingerprint density at radius 1 is 1.12 bits per heavy atom. The van der Waals surface area contributed by atoms with Gasteiger partial charge in [-0.15, -0.1) is 0 Å². The average molecular weight is 240 g/mol. The molecule has 1 fully saturated rings. The molecule has 1 rings (SSSR count). The zero-order valence-electron chi connectivity index (χ0n) is 9.81. The van der Waals surface area contributed by atoms with Crippen LogP contribution in [0.5, 0.6) is 0 Å². The summed E-state index contributed by atoms with van der Waals surface area (Å²) in [7, 11) is 1.21. The van der Waals surface area contributed by atoms with Gasteiger partial charge in [0.15, 0.2) is 12.4 Å². The maximum atomic E-state index is 11.6. The molecule has 5 heteroatoms. The third kappa shape index (κ3) is 4.80. The Bertz CT molecular complexity index is 326. The topological polar surface area (TPSA) is 69.7 Å². The molecule has 0 amide bonds. The van der Waals surface area contributed by atoms with E-state index in [1.807, 2.05) is 0 Å². The summed E-state index contributed by atoms with van der Waals surface area (Å²) >= 11 is 0. The first-order valence-electron chi connectivity index (χ1n) is 5.59. The molecule has 1 saturated carbocycles. The first-order chi connectivity index (χ1) is 8.13. The minimum Gasteiger partial charge on any atom is -0.466 e. The molecule has 94 valence electrons. The molecule has 0 radical (unpaired) electrons. The highest BCUT2D eigenvalue weighted by atomic mass is 16.5. The Labute approximate surface area is 99.8 Å². The second-order valence-corrected chi connectivity index (χ2v) is 3.91. The summed E-state index contributed by atoms with van der Waals surface area (Å²) < 4.78 is 9.04. The van der Waals surface area contributed by atoms with E-state index in [0.29, 0.717) is 0 Å². The average Bonchev–Trinajstić information content (AvgIpc) is 2.86. The molecule has 0 aromatic rings. The van der Waals surface area contributed by atoms with Gasteiger partial charge in [-0.05, 0) is 12.8 Å². The zero-order chi connectivity index (χ0) is 12.7. The first kappa shape index (κ1) is 13.4. The maximum Gasteiger partial charge on any atom is 0.331 e. The van der Waals surface area contributed by atoms with Crippen molar-refractivity contribution < 1.29 is 23.9 Å². The number of rotatable bonds is 5. The Hall–Kier alpha value is -1.65. The van der Waals surface area contributed by atoms with E-state index in [-0.39, 0.29) is 18.3 Å². The molecule has 0 bridgehead atoms. The van der Waals surface area contributed by atoms with Crippen molar-refractivity contribution in [1.82, 2.24) is 0 Å². The lowest BCUT2D eigenvalue weighted by atomic mass is 10.0. The lowest BCUT2D eigenvalue weighted by Crippen LogP contribution is -2.19. The van der Waals surface area contributed by atoms with Gasteiger partial charge in [0, 0.05) is 18.1 Å². The van der Waals surface area contributed by atoms with Crippen LogP contribution in [0.3, 0.4) is 0 Å². The molecule has 1 aliphatic rings. The number of hydrogen-bond donors (Lipinski definition) is 0. The molecule has 0 spiro atoms. The molecule has 0 atom stereocenters. The van der Waals surface area contributed by atoms with Crippen LogP contribution >= 0.6 is 0 Å². The number of methoxy groups -OCH3 is 1. The molecular formula is C12H16O5. The SMILES string of the molecule is COC(=O)/C=C/C(=O)OCC(=O)C1CCCC1. The van der Waals surface area contributed by atoms with E-state index in [1.54, 1.807) is 0 Å². The van der Waals surface area contributed by atoms with E-state index in [1.165, 1.54) is 7.11 Å². The fourth-order valence-electron chi connectivity index (χ4n) is 1.76. The minimum atomic E-state index is -0.707. The standard InChI is InChI=1S/C12H16O5/c1-16-11(14)6-7-12(15)17-8-10(13)9-4-2-3-5-9/h6-7,9H,2-5,8H2,1H3/b7-6+. The summed E-state index contributed by atoms with van der Waals surface area (Å²) in [5.74, 6) is -1.35. The highest BCUT2D eigenvalue weighted by Crippen LogP contribution is 2.25. The van der Waals surface area contributed by atoms with Crippen LogP contribution in [-0.4, -0.2) is 31.4 Å². The van der Waals surface area contributed by atoms with Gasteiger partial charge in [0.05, 0.1) is 7.11 Å². The van der Waals surface area contributed by atoms with Crippen LogP contribution in [0.2, 0.25) is 0 Å². The van der Waals surface area contributed by atoms with Crippen LogP contribution in [0.4, 0.5) is 0 Å². The Balaban J connectivity index is 2.25. The predicted octanol–water partition coefficient (Wildman–Crippen LogP) is 1.02. The molecule has 0 aliphatic heterocycles. The van der Waals surface area contributed by atoms with Gasteiger partial charge in [0.1, 0.15) is 0 Å². The Kier molecular flexibility index (Phi) is 5.39. The van der Waals surface area contributed by atoms with E-state index in [9.17, 15) is 14.4 Å². The predicted molar refractivity (Wildman–Crippen MR) is 59.1 cm³/mol. The fraction of sp³-hybridized carbons (Fsp3) is 0.583. The monoisotopic (exact) mass is 240 g/mol. The van der Waals surface area contributed by atoms with Gasteiger partial charge in [0.25, 0.3) is 0 Å². The number of carbonyl (C=O) groups excluding carboxylic acids is 3. The number of hydrogen-bond acceptors (Lipinski definition) is 5. The summed E-state index contributed by atoms with van der Waals surface area (Å²) in [6, 6.07) is 0. The summed E-state index contributed by atoms with van der Waals surface area (Å²) in [5, 5.41) is 0. The zero-order valence-corrected chi connectivity index (χ0v) is 9.81. The summed E-state index contributed by atoms with van der Waals surface area (Å²) in [4.78, 5) is 33.3. The normalized spacial score (nSPS) is 16.1. The van der Waals surface area contributed by atoms with E-state index < -0.39 is 11.9 Å². The Morgan fingerprint density at radius 2 is 1.71 bits per heavy atom. The van der Waals surface area contributed by atoms with Crippen LogP contribution in [0.15, 0.2) is 12.2 Å². The third-order valence-electron chi connectivity index (χ3n) is 2.72. The molecule has 1 aliphatic carbocycles. The van der Waals surface area contributed by atoms with Gasteiger partial charge in [-0.2, -0.15) is 0 Å². The van der Waals surface area contributed by atoms with Crippen molar-refractivity contribution in [1.29, 1.82) is 0 Å². The molecule has 0 saturated heterocycles. The van der Waals surface area contributed by atoms with E-state index in [2.05, 4.69) is 4.74 Å². The van der Waals surface area contributed by atoms with Crippen LogP contribution in [0, 0.1) is 5.92 Å². The summed E-state index contributed by atoms with van der Waals surface area (Å²) in [6.45, 7) is -0.213. The lowest BCUT2D eigenvalue weighted by molar-refractivity contribution is -0.144. The Morgan fingerprint density at radius 3 is 2.29 bits per heavy atom. The van der Waals surface area contributed by atoms with Crippen molar-refractivity contribution in [3.05, 3.63) is 12.2 Å². The molecular weight excluding hydrogens is 224 g/mol. The van der Waals surface area contributed by atoms with Crippen LogP contribution in [-0.2, 0) is 23.9 Å². The van der Waals surface area contributed by atoms with Gasteiger partial charge in [-0.25, -0.2) is 9.59 Å². The van der Waals surface area contributed by atoms with Crippen LogP contribution in [0.25, 0.3) is 0 Å². The van der Waals surface area contributed by atoms with Crippen LogP contribution < -0.4 is 0 Å². The molecule has 0 aromatic carbocycles. The van der Waals surface area contributed by atoms with Gasteiger partial charge < -0.3 is 9.47 Å². The van der Waals surface area contributed by atoms with Gasteiger partial charge >= 0.3 is 11.9 Å². The largest absolute Gasteiger partial charge is 0.466 e. The number of carbonyl (C=O) groups is 3. The highest BCUT2D eigenvalue weighted by Gasteiger charge is 2.23. The number of Topliss-reactive ketones (excluding diaryl/α,β-unsaturated/α-hetero) is 1. The second kappa shape index (κ2) is 6.83. The fourth-order valence-corrected chi connectivity index (χ4v) is 1.76. The number of ketones is 1. The van der Waals surface area contributed by atoms with Crippen LogP contribution in [0.1, 0.15) is 25.7 Å². The molecule has 0 N–H and O–H groups in total. The molecule has 5 nitrogen and oxygen atoms in total. The second-order valence-electron chi connectivity index (χ2n) is 3.91. The molecule has 0 heterocycles. The number of esters is 2. The van der Waals surface area contributed by atoms with E-state index in [4.69, 9.17) is 4.74 Å². The van der Waals surface area contributed by atoms with Gasteiger partial charge in [-0.1, -0.05) is 12.8 Å². The first-order valence-corrected chi connectivity index (χ1v) is 5.59. The number of ether oxygens (including phenoxy) is 2. The van der Waals surface area contributed by atoms with Gasteiger partial charge in [-0.3, -0.25) is 4.79 Å². The van der Waals surface area contributed by atoms with E-state index >= 15 is 0 Å². The van der Waals surface area contributed by atoms with Crippen molar-refractivity contribution in [2.75, 3.05) is 13.7 Å². The smallest absolute Gasteiger partial charge is 0.331 e. The van der Waals surface area contributed by atoms with Gasteiger partial charge in [0.2, 0.25) is 0 Å². The lowest BCUT2D eigenvalue weighted by Gasteiger charge is -2.06. The van der Waals surface area contributed by atoms with Crippen molar-refractivity contribution in [2.24, 2.45) is 5.92 Å². The maximum absolute atomic E-state index is 11.6. The van der Waals surface area contributed by atoms with E-state index in [0.717, 1.165) is 37.8 Å². The quantitative estimate of drug-likeness (QED) is 0.530. The summed E-state index contributed by atoms with van der Waals surface area (Å²) in [6.07, 6.45) is 5.80. The molecule has 17 heavy (non-hydrogen) atoms. The minimum absolute atomic E-state index is 0.0346. The summed E-state index contributed by atoms with van der Waals surface area (Å²) in [5.41, 5.74) is 0. The molecule has 0 aromatic heterocycles. The van der Waals surface area contributed by atoms with Crippen molar-refractivity contribution >= 4 is 17.7 Å².